The summed E-state index contributed by atoms with van der Waals surface area (Å²) < 4.78 is 95.6. The molecule has 0 unspecified atom stereocenters. The number of nitrogens with one attached hydrogen (secondary N) is 2. The lowest BCUT2D eigenvalue weighted by molar-refractivity contribution is -0.0527. The van der Waals surface area contributed by atoms with E-state index in [2.05, 4.69) is 29.6 Å². The van der Waals surface area contributed by atoms with Crippen molar-refractivity contribution < 1.29 is 35.5 Å². The molecule has 0 amide bonds. The van der Waals surface area contributed by atoms with Crippen LogP contribution in [0.25, 0.3) is 33.4 Å². The number of hydrogen-bond donors (Lipinski definition) is 2. The summed E-state index contributed by atoms with van der Waals surface area (Å²) in [5, 5.41) is 8.40. The van der Waals surface area contributed by atoms with Crippen LogP contribution in [0.5, 0.6) is 11.8 Å². The van der Waals surface area contributed by atoms with E-state index < -0.39 is 40.9 Å². The van der Waals surface area contributed by atoms with Crippen molar-refractivity contribution in [1.82, 2.24) is 38.6 Å². The lowest BCUT2D eigenvalue weighted by Gasteiger charge is -2.26. The fraction of sp³-hybridized carbons (Fsp3) is 0.381. The summed E-state index contributed by atoms with van der Waals surface area (Å²) in [6.07, 6.45) is -0.158. The maximum atomic E-state index is 14.3. The van der Waals surface area contributed by atoms with Crippen LogP contribution in [0.4, 0.5) is 17.6 Å². The van der Waals surface area contributed by atoms with E-state index in [0.717, 1.165) is 8.99 Å². The van der Waals surface area contributed by atoms with E-state index in [1.807, 2.05) is 0 Å². The topological polar surface area (TPSA) is 132 Å². The minimum absolute atomic E-state index is 0.0476. The Balaban J connectivity index is 1.69. The first-order valence-corrected chi connectivity index (χ1v) is 12.6. The van der Waals surface area contributed by atoms with Crippen LogP contribution in [0, 0.1) is 0 Å². The Morgan fingerprint density at radius 2 is 2.00 bits per heavy atom. The van der Waals surface area contributed by atoms with Crippen molar-refractivity contribution in [2.75, 3.05) is 20.7 Å². The first kappa shape index (κ1) is 25.9. The molecule has 1 aliphatic heterocycles. The number of hydrogen-bond acceptors (Lipinski definition) is 7. The molecule has 204 valence electrons. The second kappa shape index (κ2) is 9.55. The summed E-state index contributed by atoms with van der Waals surface area (Å²) in [7, 11) is 0.353. The first-order valence-electron chi connectivity index (χ1n) is 11.1. The predicted molar refractivity (Wildman–Crippen MR) is 126 cm³/mol. The van der Waals surface area contributed by atoms with Gasteiger partial charge in [-0.25, -0.2) is 18.4 Å². The summed E-state index contributed by atoms with van der Waals surface area (Å²) in [6.45, 7) is -3.44. The van der Waals surface area contributed by atoms with E-state index >= 15 is 0 Å². The van der Waals surface area contributed by atoms with Gasteiger partial charge in [-0.1, -0.05) is 0 Å². The third kappa shape index (κ3) is 4.56. The van der Waals surface area contributed by atoms with Gasteiger partial charge in [0, 0.05) is 44.5 Å². The zero-order valence-electron chi connectivity index (χ0n) is 20.2. The highest BCUT2D eigenvalue weighted by Crippen LogP contribution is 2.47. The van der Waals surface area contributed by atoms with Crippen LogP contribution in [0.1, 0.15) is 12.1 Å². The van der Waals surface area contributed by atoms with Crippen molar-refractivity contribution >= 4 is 21.2 Å². The number of ether oxygens (including phenoxy) is 2. The molecule has 0 aliphatic carbocycles. The molecule has 0 radical (unpaired) electrons. The number of H-pyrrole nitrogens is 1. The van der Waals surface area contributed by atoms with E-state index in [1.165, 1.54) is 38.2 Å². The van der Waals surface area contributed by atoms with E-state index in [0.29, 0.717) is 5.39 Å². The Labute approximate surface area is 213 Å². The van der Waals surface area contributed by atoms with Crippen molar-refractivity contribution in [2.24, 2.45) is 7.05 Å². The van der Waals surface area contributed by atoms with Gasteiger partial charge in [0.25, 0.3) is 16.6 Å². The first-order chi connectivity index (χ1) is 18.0. The average molecular weight is 559 g/mol. The molecule has 0 bridgehead atoms. The van der Waals surface area contributed by atoms with Crippen molar-refractivity contribution in [3.05, 3.63) is 30.2 Å². The van der Waals surface area contributed by atoms with E-state index in [9.17, 15) is 26.0 Å². The van der Waals surface area contributed by atoms with Crippen LogP contribution in [0.15, 0.2) is 24.5 Å². The standard InChI is InChI=1S/C21H22F4N8O4S/c1-31(2)38(34,35)30-10-7-33-20(36-9-10)14(16(28-33)17(22)23)15-13(11-5-4-6-26-18(11)27-15)12-8-32(3)29-19(12)37-21(24)25/h4-6,8,10,17,21,30H,7,9H2,1-3H3,(H,26,27)/t10-/m0/s1. The molecule has 2 N–H and O–H groups in total. The van der Waals surface area contributed by atoms with Crippen LogP contribution in [0.3, 0.4) is 0 Å². The number of halogens is 4. The monoisotopic (exact) mass is 558 g/mol. The molecule has 0 aromatic carbocycles. The minimum atomic E-state index is -3.83. The van der Waals surface area contributed by atoms with Gasteiger partial charge in [0.2, 0.25) is 11.8 Å². The Bertz CT molecular complexity index is 1600. The highest BCUT2D eigenvalue weighted by Gasteiger charge is 2.36. The number of aryl methyl sites for hydroxylation is 1. The van der Waals surface area contributed by atoms with E-state index in [-0.39, 0.29) is 47.1 Å². The predicted octanol–water partition coefficient (Wildman–Crippen LogP) is 2.52. The van der Waals surface area contributed by atoms with Gasteiger partial charge in [-0.05, 0) is 12.1 Å². The van der Waals surface area contributed by atoms with Gasteiger partial charge in [0.05, 0.1) is 29.4 Å². The molecule has 0 saturated heterocycles. The summed E-state index contributed by atoms with van der Waals surface area (Å²) >= 11 is 0. The lowest BCUT2D eigenvalue weighted by Crippen LogP contribution is -2.48. The number of rotatable bonds is 8. The van der Waals surface area contributed by atoms with Crippen molar-refractivity contribution in [1.29, 1.82) is 0 Å². The highest BCUT2D eigenvalue weighted by atomic mass is 32.2. The summed E-state index contributed by atoms with van der Waals surface area (Å²) in [4.78, 5) is 7.23. The third-order valence-electron chi connectivity index (χ3n) is 5.84. The van der Waals surface area contributed by atoms with Crippen molar-refractivity contribution in [3.8, 4) is 34.1 Å². The SMILES string of the molecule is CN(C)S(=O)(=O)N[C@@H]1COc2c(-c3[nH]c4ncccc4c3-c3cn(C)nc3OC(F)F)c(C(F)F)nn2C1. The van der Waals surface area contributed by atoms with Crippen LogP contribution in [0.2, 0.25) is 0 Å². The average Bonchev–Trinajstić information content (AvgIpc) is 3.50. The molecular formula is C21H22F4N8O4S. The van der Waals surface area contributed by atoms with Gasteiger partial charge in [-0.15, -0.1) is 5.10 Å². The normalized spacial score (nSPS) is 16.0. The van der Waals surface area contributed by atoms with Gasteiger partial charge in [0.1, 0.15) is 17.9 Å². The molecule has 1 aliphatic rings. The highest BCUT2D eigenvalue weighted by molar-refractivity contribution is 7.87. The summed E-state index contributed by atoms with van der Waals surface area (Å²) in [5.41, 5.74) is -0.0622. The van der Waals surface area contributed by atoms with Crippen LogP contribution < -0.4 is 14.2 Å². The molecule has 4 aromatic rings. The van der Waals surface area contributed by atoms with Crippen LogP contribution in [-0.4, -0.2) is 75.6 Å². The fourth-order valence-electron chi connectivity index (χ4n) is 4.25. The van der Waals surface area contributed by atoms with Gasteiger partial charge in [0.15, 0.2) is 0 Å². The lowest BCUT2D eigenvalue weighted by atomic mass is 10.0. The number of nitrogens with zero attached hydrogens (tertiary/aromatic N) is 6. The number of fused-ring (bicyclic) bond motifs is 2. The number of pyridine rings is 1. The Hall–Kier alpha value is -3.70. The molecule has 4 aromatic heterocycles. The van der Waals surface area contributed by atoms with Gasteiger partial charge >= 0.3 is 6.61 Å². The Kier molecular flexibility index (Phi) is 6.52. The van der Waals surface area contributed by atoms with Crippen LogP contribution in [-0.2, 0) is 23.8 Å². The second-order valence-corrected chi connectivity index (χ2v) is 10.6. The molecule has 38 heavy (non-hydrogen) atoms. The second-order valence-electron chi connectivity index (χ2n) is 8.64. The maximum absolute atomic E-state index is 14.3. The maximum Gasteiger partial charge on any atom is 0.388 e. The van der Waals surface area contributed by atoms with Crippen LogP contribution >= 0.6 is 0 Å². The number of aromatic nitrogens is 6. The zero-order chi connectivity index (χ0) is 27.4. The third-order valence-corrected chi connectivity index (χ3v) is 7.43. The van der Waals surface area contributed by atoms with E-state index in [1.54, 1.807) is 12.1 Å². The van der Waals surface area contributed by atoms with Crippen molar-refractivity contribution in [3.63, 3.8) is 0 Å². The summed E-state index contributed by atoms with van der Waals surface area (Å²) in [5.74, 6) is -0.458. The van der Waals surface area contributed by atoms with E-state index in [4.69, 9.17) is 4.74 Å². The molecule has 12 nitrogen and oxygen atoms in total. The quantitative estimate of drug-likeness (QED) is 0.318. The molecular weight excluding hydrogens is 536 g/mol. The molecule has 0 saturated carbocycles. The zero-order valence-corrected chi connectivity index (χ0v) is 21.0. The number of alkyl halides is 4. The summed E-state index contributed by atoms with van der Waals surface area (Å²) in [6, 6.07) is 2.45. The fourth-order valence-corrected chi connectivity index (χ4v) is 5.03. The molecule has 17 heteroatoms. The van der Waals surface area contributed by atoms with Gasteiger partial charge < -0.3 is 14.5 Å². The molecule has 1 atom stereocenters. The number of aromatic amines is 1. The Morgan fingerprint density at radius 3 is 2.68 bits per heavy atom. The van der Waals surface area contributed by atoms with Gasteiger partial charge in [-0.3, -0.25) is 4.68 Å². The minimum Gasteiger partial charge on any atom is -0.476 e. The largest absolute Gasteiger partial charge is 0.476 e. The molecule has 0 fully saturated rings. The van der Waals surface area contributed by atoms with Crippen molar-refractivity contribution in [2.45, 2.75) is 25.6 Å². The molecule has 5 heterocycles. The molecule has 0 spiro atoms. The smallest absolute Gasteiger partial charge is 0.388 e. The Morgan fingerprint density at radius 1 is 1.24 bits per heavy atom. The molecule has 5 rings (SSSR count). The van der Waals surface area contributed by atoms with Gasteiger partial charge in [-0.2, -0.15) is 31.3 Å².